The van der Waals surface area contributed by atoms with Crippen molar-refractivity contribution in [3.05, 3.63) is 42.2 Å². The number of rotatable bonds is 2. The van der Waals surface area contributed by atoms with Crippen LogP contribution in [0.3, 0.4) is 0 Å². The van der Waals surface area contributed by atoms with Crippen molar-refractivity contribution in [1.29, 1.82) is 0 Å². The van der Waals surface area contributed by atoms with Gasteiger partial charge in [0, 0.05) is 12.7 Å². The fraction of sp³-hybridized carbons (Fsp3) is 0.182. The first kappa shape index (κ1) is 13.2. The van der Waals surface area contributed by atoms with Crippen LogP contribution in [0.15, 0.2) is 36.4 Å². The average molecular weight is 247 g/mol. The Kier molecular flexibility index (Phi) is 3.55. The predicted octanol–water partition coefficient (Wildman–Crippen LogP) is 2.91. The van der Waals surface area contributed by atoms with Gasteiger partial charge in [0.15, 0.2) is 0 Å². The molecule has 2 nitrogen and oxygen atoms in total. The first-order valence-electron chi connectivity index (χ1n) is 4.53. The maximum atomic E-state index is 12.6. The lowest BCUT2D eigenvalue weighted by molar-refractivity contribution is -0.128. The van der Waals surface area contributed by atoms with E-state index in [0.29, 0.717) is 0 Å². The number of anilines is 1. The summed E-state index contributed by atoms with van der Waals surface area (Å²) in [6.45, 7) is 2.70. The van der Waals surface area contributed by atoms with Crippen molar-refractivity contribution in [3.8, 4) is 0 Å². The van der Waals surface area contributed by atoms with Gasteiger partial charge >= 0.3 is 6.18 Å². The summed E-state index contributed by atoms with van der Waals surface area (Å²) in [5, 5.41) is 0. The van der Waals surface area contributed by atoms with Crippen molar-refractivity contribution in [2.24, 2.45) is 0 Å². The van der Waals surface area contributed by atoms with Gasteiger partial charge in [-0.25, -0.2) is 4.39 Å². The molecule has 1 aromatic carbocycles. The Morgan fingerprint density at radius 2 is 1.71 bits per heavy atom. The predicted molar refractivity (Wildman–Crippen MR) is 55.0 cm³/mol. The van der Waals surface area contributed by atoms with Crippen LogP contribution in [0.1, 0.15) is 0 Å². The third-order valence-corrected chi connectivity index (χ3v) is 2.12. The molecule has 0 aliphatic carbocycles. The summed E-state index contributed by atoms with van der Waals surface area (Å²) in [4.78, 5) is 12.1. The quantitative estimate of drug-likeness (QED) is 0.581. The molecule has 17 heavy (non-hydrogen) atoms. The smallest absolute Gasteiger partial charge is 0.311 e. The highest BCUT2D eigenvalue weighted by molar-refractivity contribution is 6.05. The molecule has 0 aromatic heterocycles. The Hall–Kier alpha value is -1.85. The number of likely N-dealkylation sites (N-methyl/N-ethyl adjacent to an activating group) is 1. The molecule has 0 heterocycles. The molecule has 0 aliphatic heterocycles. The topological polar surface area (TPSA) is 20.3 Å². The van der Waals surface area contributed by atoms with Gasteiger partial charge in [0.2, 0.25) is 0 Å². The summed E-state index contributed by atoms with van der Waals surface area (Å²) >= 11 is 0. The first-order chi connectivity index (χ1) is 7.73. The maximum absolute atomic E-state index is 12.6. The zero-order valence-corrected chi connectivity index (χ0v) is 8.88. The van der Waals surface area contributed by atoms with Gasteiger partial charge in [-0.2, -0.15) is 13.2 Å². The van der Waals surface area contributed by atoms with Crippen LogP contribution in [0.4, 0.5) is 23.2 Å². The Morgan fingerprint density at radius 1 is 1.24 bits per heavy atom. The molecule has 0 fully saturated rings. The Balaban J connectivity index is 2.91. The van der Waals surface area contributed by atoms with Gasteiger partial charge in [0.1, 0.15) is 11.4 Å². The molecular formula is C11H9F4NO. The molecule has 0 spiro atoms. The van der Waals surface area contributed by atoms with E-state index in [4.69, 9.17) is 0 Å². The summed E-state index contributed by atoms with van der Waals surface area (Å²) < 4.78 is 49.3. The summed E-state index contributed by atoms with van der Waals surface area (Å²) in [6, 6.07) is 4.51. The van der Waals surface area contributed by atoms with E-state index >= 15 is 0 Å². The third kappa shape index (κ3) is 3.05. The van der Waals surface area contributed by atoms with Crippen molar-refractivity contribution in [3.63, 3.8) is 0 Å². The Morgan fingerprint density at radius 3 is 2.12 bits per heavy atom. The molecule has 0 N–H and O–H groups in total. The number of alkyl halides is 3. The Bertz CT molecular complexity index is 436. The van der Waals surface area contributed by atoms with Crippen LogP contribution >= 0.6 is 0 Å². The van der Waals surface area contributed by atoms with Crippen LogP contribution in [0.2, 0.25) is 0 Å². The molecule has 1 amide bonds. The van der Waals surface area contributed by atoms with Gasteiger partial charge in [-0.15, -0.1) is 0 Å². The van der Waals surface area contributed by atoms with Gasteiger partial charge < -0.3 is 4.90 Å². The van der Waals surface area contributed by atoms with E-state index in [1.165, 1.54) is 12.1 Å². The molecule has 1 rings (SSSR count). The number of nitrogens with zero attached hydrogens (tertiary/aromatic N) is 1. The third-order valence-electron chi connectivity index (χ3n) is 2.12. The maximum Gasteiger partial charge on any atom is 0.421 e. The van der Waals surface area contributed by atoms with Crippen LogP contribution in [0.25, 0.3) is 0 Å². The summed E-state index contributed by atoms with van der Waals surface area (Å²) in [6.07, 6.45) is -4.77. The standard InChI is InChI=1S/C11H9F4NO/c1-7(11(13,14)15)10(17)16(2)9-5-3-8(12)4-6-9/h3-6H,1H2,2H3. The second kappa shape index (κ2) is 4.57. The van der Waals surface area contributed by atoms with Crippen molar-refractivity contribution in [2.45, 2.75) is 6.18 Å². The van der Waals surface area contributed by atoms with Crippen LogP contribution in [0, 0.1) is 5.82 Å². The molecule has 0 saturated heterocycles. The van der Waals surface area contributed by atoms with Crippen LogP contribution in [-0.4, -0.2) is 19.1 Å². The fourth-order valence-electron chi connectivity index (χ4n) is 1.11. The number of carbonyl (C=O) groups is 1. The van der Waals surface area contributed by atoms with Crippen molar-refractivity contribution in [1.82, 2.24) is 0 Å². The van der Waals surface area contributed by atoms with Crippen molar-refractivity contribution >= 4 is 11.6 Å². The highest BCUT2D eigenvalue weighted by Gasteiger charge is 2.38. The van der Waals surface area contributed by atoms with Crippen molar-refractivity contribution < 1.29 is 22.4 Å². The highest BCUT2D eigenvalue weighted by Crippen LogP contribution is 2.26. The number of hydrogen-bond acceptors (Lipinski definition) is 1. The molecule has 92 valence electrons. The number of benzene rings is 1. The highest BCUT2D eigenvalue weighted by atomic mass is 19.4. The molecule has 0 unspecified atom stereocenters. The van der Waals surface area contributed by atoms with E-state index in [1.54, 1.807) is 0 Å². The van der Waals surface area contributed by atoms with Gasteiger partial charge in [0.05, 0.1) is 0 Å². The summed E-state index contributed by atoms with van der Waals surface area (Å²) in [5.41, 5.74) is -1.31. The van der Waals surface area contributed by atoms with Gasteiger partial charge in [-0.05, 0) is 24.3 Å². The van der Waals surface area contributed by atoms with Gasteiger partial charge in [-0.3, -0.25) is 4.79 Å². The lowest BCUT2D eigenvalue weighted by Crippen LogP contribution is -2.33. The first-order valence-corrected chi connectivity index (χ1v) is 4.53. The second-order valence-corrected chi connectivity index (χ2v) is 3.32. The van der Waals surface area contributed by atoms with Gasteiger partial charge in [-0.1, -0.05) is 6.58 Å². The largest absolute Gasteiger partial charge is 0.421 e. The fourth-order valence-corrected chi connectivity index (χ4v) is 1.11. The number of carbonyl (C=O) groups excluding carboxylic acids is 1. The van der Waals surface area contributed by atoms with E-state index in [1.807, 2.05) is 0 Å². The molecule has 0 aliphatic rings. The monoisotopic (exact) mass is 247 g/mol. The van der Waals surface area contributed by atoms with Crippen molar-refractivity contribution in [2.75, 3.05) is 11.9 Å². The minimum Gasteiger partial charge on any atom is -0.311 e. The number of halogens is 4. The van der Waals surface area contributed by atoms with E-state index in [0.717, 1.165) is 24.1 Å². The molecule has 0 atom stereocenters. The van der Waals surface area contributed by atoms with E-state index < -0.39 is 23.5 Å². The minimum atomic E-state index is -4.77. The van der Waals surface area contributed by atoms with E-state index in [2.05, 4.69) is 6.58 Å². The van der Waals surface area contributed by atoms with E-state index in [-0.39, 0.29) is 5.69 Å². The molecular weight excluding hydrogens is 238 g/mol. The lowest BCUT2D eigenvalue weighted by atomic mass is 10.2. The number of amides is 1. The average Bonchev–Trinajstić information content (AvgIpc) is 2.26. The van der Waals surface area contributed by atoms with Crippen LogP contribution in [-0.2, 0) is 4.79 Å². The Labute approximate surface area is 95.2 Å². The van der Waals surface area contributed by atoms with Gasteiger partial charge in [0.25, 0.3) is 5.91 Å². The molecule has 6 heteroatoms. The minimum absolute atomic E-state index is 0.154. The molecule has 0 bridgehead atoms. The molecule has 0 radical (unpaired) electrons. The zero-order valence-electron chi connectivity index (χ0n) is 8.88. The summed E-state index contributed by atoms with van der Waals surface area (Å²) in [7, 11) is 1.16. The number of hydrogen-bond donors (Lipinski definition) is 0. The van der Waals surface area contributed by atoms with Crippen LogP contribution < -0.4 is 4.90 Å². The molecule has 0 saturated carbocycles. The SMILES string of the molecule is C=C(C(=O)N(C)c1ccc(F)cc1)C(F)(F)F. The summed E-state index contributed by atoms with van der Waals surface area (Å²) in [5.74, 6) is -1.81. The second-order valence-electron chi connectivity index (χ2n) is 3.32. The lowest BCUT2D eigenvalue weighted by Gasteiger charge is -2.19. The van der Waals surface area contributed by atoms with Crippen LogP contribution in [0.5, 0.6) is 0 Å². The normalized spacial score (nSPS) is 11.1. The van der Waals surface area contributed by atoms with E-state index in [9.17, 15) is 22.4 Å². The molecule has 1 aromatic rings. The zero-order chi connectivity index (χ0) is 13.2.